The molecule has 1 fully saturated rings. The molecule has 1 rings (SSSR count). The molecule has 0 N–H and O–H groups in total. The van der Waals surface area contributed by atoms with Gasteiger partial charge in [0.25, 0.3) is 0 Å². The minimum atomic E-state index is 0.645. The number of likely N-dealkylation sites (tertiary alicyclic amines) is 1. The second kappa shape index (κ2) is 7.30. The molecule has 0 aliphatic carbocycles. The zero-order valence-electron chi connectivity index (χ0n) is 9.21. The summed E-state index contributed by atoms with van der Waals surface area (Å²) in [6, 6.07) is 0.828. The van der Waals surface area contributed by atoms with Crippen LogP contribution in [0.15, 0.2) is 12.2 Å². The molecule has 0 spiro atoms. The van der Waals surface area contributed by atoms with Crippen molar-refractivity contribution in [3.8, 4) is 0 Å². The van der Waals surface area contributed by atoms with Crippen LogP contribution in [0.5, 0.6) is 0 Å². The number of nitrogens with zero attached hydrogens (tertiary/aromatic N) is 1. The first-order valence-corrected chi connectivity index (χ1v) is 6.37. The lowest BCUT2D eigenvalue weighted by Crippen LogP contribution is -2.39. The summed E-state index contributed by atoms with van der Waals surface area (Å²) in [5, 5.41) is 0. The van der Waals surface area contributed by atoms with Crippen LogP contribution in [0.1, 0.15) is 39.0 Å². The molecular formula is C12H22ClN. The Morgan fingerprint density at radius 2 is 2.21 bits per heavy atom. The van der Waals surface area contributed by atoms with Crippen LogP contribution >= 0.6 is 11.6 Å². The SMILES string of the molecule is CCCC1CCCCN1C/C=C/CCl. The largest absolute Gasteiger partial charge is 0.297 e. The Morgan fingerprint density at radius 1 is 1.36 bits per heavy atom. The molecule has 0 amide bonds. The van der Waals surface area contributed by atoms with Crippen molar-refractivity contribution in [2.45, 2.75) is 45.1 Å². The van der Waals surface area contributed by atoms with Crippen molar-refractivity contribution in [2.75, 3.05) is 19.0 Å². The smallest absolute Gasteiger partial charge is 0.0404 e. The molecule has 0 saturated carbocycles. The van der Waals surface area contributed by atoms with E-state index in [9.17, 15) is 0 Å². The molecule has 0 aromatic carbocycles. The zero-order chi connectivity index (χ0) is 10.2. The third kappa shape index (κ3) is 4.02. The molecule has 1 aliphatic rings. The van der Waals surface area contributed by atoms with Gasteiger partial charge >= 0.3 is 0 Å². The number of hydrogen-bond donors (Lipinski definition) is 0. The summed E-state index contributed by atoms with van der Waals surface area (Å²) in [5.74, 6) is 0.645. The highest BCUT2D eigenvalue weighted by molar-refractivity contribution is 6.18. The van der Waals surface area contributed by atoms with E-state index in [2.05, 4.69) is 24.0 Å². The molecule has 1 unspecified atom stereocenters. The molecule has 1 saturated heterocycles. The average Bonchev–Trinajstić information content (AvgIpc) is 2.21. The highest BCUT2D eigenvalue weighted by Gasteiger charge is 2.19. The van der Waals surface area contributed by atoms with E-state index in [1.807, 2.05) is 0 Å². The Bertz CT molecular complexity index is 166. The fourth-order valence-electron chi connectivity index (χ4n) is 2.23. The van der Waals surface area contributed by atoms with E-state index in [1.165, 1.54) is 38.6 Å². The lowest BCUT2D eigenvalue weighted by molar-refractivity contribution is 0.155. The summed E-state index contributed by atoms with van der Waals surface area (Å²) in [4.78, 5) is 2.61. The molecule has 0 aromatic rings. The van der Waals surface area contributed by atoms with Gasteiger partial charge in [-0.2, -0.15) is 0 Å². The number of halogens is 1. The standard InChI is InChI=1S/C12H22ClN/c1-2-7-12-8-3-5-10-14(12)11-6-4-9-13/h4,6,12H,2-3,5,7-11H2,1H3/b6-4+. The lowest BCUT2D eigenvalue weighted by Gasteiger charge is -2.34. The van der Waals surface area contributed by atoms with E-state index in [4.69, 9.17) is 11.6 Å². The number of piperidine rings is 1. The van der Waals surface area contributed by atoms with Crippen LogP contribution in [0, 0.1) is 0 Å². The summed E-state index contributed by atoms with van der Waals surface area (Å²) in [6.45, 7) is 4.65. The Morgan fingerprint density at radius 3 is 2.93 bits per heavy atom. The normalized spacial score (nSPS) is 24.6. The van der Waals surface area contributed by atoms with Gasteiger partial charge in [0, 0.05) is 18.5 Å². The summed E-state index contributed by atoms with van der Waals surface area (Å²) in [7, 11) is 0. The van der Waals surface area contributed by atoms with Gasteiger partial charge in [0.2, 0.25) is 0 Å². The Hall–Kier alpha value is -0.0100. The van der Waals surface area contributed by atoms with E-state index in [-0.39, 0.29) is 0 Å². The van der Waals surface area contributed by atoms with Crippen LogP contribution in [0.3, 0.4) is 0 Å². The van der Waals surface area contributed by atoms with Gasteiger partial charge in [0.1, 0.15) is 0 Å². The van der Waals surface area contributed by atoms with Crippen LogP contribution in [-0.4, -0.2) is 29.9 Å². The van der Waals surface area contributed by atoms with Gasteiger partial charge in [-0.05, 0) is 25.8 Å². The molecule has 1 atom stereocenters. The minimum absolute atomic E-state index is 0.645. The maximum atomic E-state index is 5.61. The highest BCUT2D eigenvalue weighted by Crippen LogP contribution is 2.20. The van der Waals surface area contributed by atoms with Gasteiger partial charge in [-0.25, -0.2) is 0 Å². The van der Waals surface area contributed by atoms with Crippen LogP contribution < -0.4 is 0 Å². The van der Waals surface area contributed by atoms with E-state index < -0.39 is 0 Å². The predicted octanol–water partition coefficient (Wildman–Crippen LogP) is 3.44. The monoisotopic (exact) mass is 215 g/mol. The second-order valence-electron chi connectivity index (χ2n) is 4.06. The average molecular weight is 216 g/mol. The van der Waals surface area contributed by atoms with Gasteiger partial charge in [0.15, 0.2) is 0 Å². The quantitative estimate of drug-likeness (QED) is 0.502. The van der Waals surface area contributed by atoms with Crippen molar-refractivity contribution in [3.63, 3.8) is 0 Å². The highest BCUT2D eigenvalue weighted by atomic mass is 35.5. The van der Waals surface area contributed by atoms with Crippen LogP contribution in [0.4, 0.5) is 0 Å². The lowest BCUT2D eigenvalue weighted by atomic mass is 9.98. The summed E-state index contributed by atoms with van der Waals surface area (Å²) >= 11 is 5.61. The molecule has 2 heteroatoms. The molecule has 0 aromatic heterocycles. The van der Waals surface area contributed by atoms with E-state index in [0.717, 1.165) is 12.6 Å². The first-order chi connectivity index (χ1) is 6.88. The van der Waals surface area contributed by atoms with Gasteiger partial charge in [-0.3, -0.25) is 4.90 Å². The summed E-state index contributed by atoms with van der Waals surface area (Å²) in [6.07, 6.45) is 11.1. The Kier molecular flexibility index (Phi) is 6.29. The zero-order valence-corrected chi connectivity index (χ0v) is 9.97. The fraction of sp³-hybridized carbons (Fsp3) is 0.833. The molecule has 1 nitrogen and oxygen atoms in total. The molecule has 1 heterocycles. The number of alkyl halides is 1. The number of allylic oxidation sites excluding steroid dienone is 1. The summed E-state index contributed by atoms with van der Waals surface area (Å²) < 4.78 is 0. The van der Waals surface area contributed by atoms with E-state index >= 15 is 0 Å². The van der Waals surface area contributed by atoms with Gasteiger partial charge < -0.3 is 0 Å². The van der Waals surface area contributed by atoms with Crippen molar-refractivity contribution >= 4 is 11.6 Å². The summed E-state index contributed by atoms with van der Waals surface area (Å²) in [5.41, 5.74) is 0. The van der Waals surface area contributed by atoms with E-state index in [1.54, 1.807) is 0 Å². The number of rotatable bonds is 5. The third-order valence-corrected chi connectivity index (χ3v) is 3.14. The third-order valence-electron chi connectivity index (χ3n) is 2.97. The van der Waals surface area contributed by atoms with Gasteiger partial charge in [0.05, 0.1) is 0 Å². The molecule has 0 bridgehead atoms. The topological polar surface area (TPSA) is 3.24 Å². The van der Waals surface area contributed by atoms with Crippen molar-refractivity contribution in [2.24, 2.45) is 0 Å². The molecule has 82 valence electrons. The van der Waals surface area contributed by atoms with Crippen molar-refractivity contribution < 1.29 is 0 Å². The van der Waals surface area contributed by atoms with Crippen molar-refractivity contribution in [1.29, 1.82) is 0 Å². The number of hydrogen-bond acceptors (Lipinski definition) is 1. The second-order valence-corrected chi connectivity index (χ2v) is 4.37. The first-order valence-electron chi connectivity index (χ1n) is 5.83. The first kappa shape index (κ1) is 12.1. The molecule has 14 heavy (non-hydrogen) atoms. The Labute approximate surface area is 93.1 Å². The molecule has 1 aliphatic heterocycles. The Balaban J connectivity index is 2.33. The van der Waals surface area contributed by atoms with Crippen molar-refractivity contribution in [3.05, 3.63) is 12.2 Å². The van der Waals surface area contributed by atoms with Crippen LogP contribution in [-0.2, 0) is 0 Å². The predicted molar refractivity (Wildman–Crippen MR) is 64.0 cm³/mol. The minimum Gasteiger partial charge on any atom is -0.297 e. The van der Waals surface area contributed by atoms with Crippen LogP contribution in [0.25, 0.3) is 0 Å². The fourth-order valence-corrected chi connectivity index (χ4v) is 2.36. The maximum absolute atomic E-state index is 5.61. The molecular weight excluding hydrogens is 194 g/mol. The van der Waals surface area contributed by atoms with E-state index in [0.29, 0.717) is 5.88 Å². The maximum Gasteiger partial charge on any atom is 0.0404 e. The van der Waals surface area contributed by atoms with Gasteiger partial charge in [-0.15, -0.1) is 11.6 Å². The molecule has 0 radical (unpaired) electrons. The van der Waals surface area contributed by atoms with Crippen molar-refractivity contribution in [1.82, 2.24) is 4.90 Å². The van der Waals surface area contributed by atoms with Crippen LogP contribution in [0.2, 0.25) is 0 Å². The van der Waals surface area contributed by atoms with Gasteiger partial charge in [-0.1, -0.05) is 31.9 Å².